The molecule has 1 heterocycles. The Bertz CT molecular complexity index is 593. The standard InChI is InChI=1S/C12H7ClFN3/c13-11-4-8(7-15)5-12(17-11)16-10-3-1-2-9(14)6-10/h1-6H,(H,16,17). The smallest absolute Gasteiger partial charge is 0.133 e. The van der Waals surface area contributed by atoms with E-state index in [1.165, 1.54) is 24.3 Å². The van der Waals surface area contributed by atoms with E-state index in [-0.39, 0.29) is 11.0 Å². The molecule has 0 atom stereocenters. The van der Waals surface area contributed by atoms with E-state index >= 15 is 0 Å². The van der Waals surface area contributed by atoms with Gasteiger partial charge in [-0.2, -0.15) is 5.26 Å². The zero-order chi connectivity index (χ0) is 12.3. The van der Waals surface area contributed by atoms with Crippen LogP contribution in [-0.4, -0.2) is 4.98 Å². The summed E-state index contributed by atoms with van der Waals surface area (Å²) in [6.07, 6.45) is 0. The average Bonchev–Trinajstić information content (AvgIpc) is 2.28. The van der Waals surface area contributed by atoms with Crippen molar-refractivity contribution >= 4 is 23.1 Å². The van der Waals surface area contributed by atoms with Gasteiger partial charge in [-0.25, -0.2) is 9.37 Å². The van der Waals surface area contributed by atoms with Gasteiger partial charge in [0.2, 0.25) is 0 Å². The Morgan fingerprint density at radius 2 is 2.12 bits per heavy atom. The van der Waals surface area contributed by atoms with Crippen molar-refractivity contribution in [2.24, 2.45) is 0 Å². The van der Waals surface area contributed by atoms with Crippen LogP contribution in [0.1, 0.15) is 5.56 Å². The van der Waals surface area contributed by atoms with Crippen molar-refractivity contribution in [3.8, 4) is 6.07 Å². The molecule has 0 spiro atoms. The summed E-state index contributed by atoms with van der Waals surface area (Å²) in [7, 11) is 0. The average molecular weight is 248 g/mol. The number of nitriles is 1. The molecule has 2 aromatic rings. The van der Waals surface area contributed by atoms with E-state index < -0.39 is 0 Å². The Balaban J connectivity index is 2.30. The van der Waals surface area contributed by atoms with Crippen LogP contribution in [0.2, 0.25) is 5.15 Å². The Labute approximate surface area is 102 Å². The van der Waals surface area contributed by atoms with Crippen molar-refractivity contribution in [1.29, 1.82) is 5.26 Å². The quantitative estimate of drug-likeness (QED) is 0.827. The van der Waals surface area contributed by atoms with E-state index in [0.717, 1.165) is 0 Å². The summed E-state index contributed by atoms with van der Waals surface area (Å²) in [5.41, 5.74) is 0.938. The van der Waals surface area contributed by atoms with Crippen molar-refractivity contribution in [2.75, 3.05) is 5.32 Å². The number of nitrogens with one attached hydrogen (secondary N) is 1. The molecule has 0 radical (unpaired) electrons. The van der Waals surface area contributed by atoms with Gasteiger partial charge in [0.1, 0.15) is 16.8 Å². The predicted octanol–water partition coefficient (Wildman–Crippen LogP) is 3.49. The number of hydrogen-bond donors (Lipinski definition) is 1. The third-order valence-electron chi connectivity index (χ3n) is 2.02. The molecule has 0 fully saturated rings. The van der Waals surface area contributed by atoms with Gasteiger partial charge >= 0.3 is 0 Å². The summed E-state index contributed by atoms with van der Waals surface area (Å²) in [5.74, 6) is 0.0529. The molecule has 3 nitrogen and oxygen atoms in total. The molecule has 0 saturated carbocycles. The first kappa shape index (κ1) is 11.4. The summed E-state index contributed by atoms with van der Waals surface area (Å²) < 4.78 is 13.0. The minimum Gasteiger partial charge on any atom is -0.340 e. The highest BCUT2D eigenvalue weighted by Crippen LogP contribution is 2.19. The third-order valence-corrected chi connectivity index (χ3v) is 2.21. The molecule has 2 rings (SSSR count). The zero-order valence-corrected chi connectivity index (χ0v) is 9.37. The van der Waals surface area contributed by atoms with Gasteiger partial charge in [-0.3, -0.25) is 0 Å². The van der Waals surface area contributed by atoms with Crippen molar-refractivity contribution in [1.82, 2.24) is 4.98 Å². The van der Waals surface area contributed by atoms with Gasteiger partial charge in [0, 0.05) is 5.69 Å². The van der Waals surface area contributed by atoms with Gasteiger partial charge in [-0.15, -0.1) is 0 Å². The van der Waals surface area contributed by atoms with Crippen molar-refractivity contribution in [2.45, 2.75) is 0 Å². The number of pyridine rings is 1. The molecule has 5 heteroatoms. The summed E-state index contributed by atoms with van der Waals surface area (Å²) in [6, 6.07) is 10.9. The van der Waals surface area contributed by atoms with E-state index in [0.29, 0.717) is 17.1 Å². The van der Waals surface area contributed by atoms with Crippen molar-refractivity contribution in [3.05, 3.63) is 52.9 Å². The highest BCUT2D eigenvalue weighted by atomic mass is 35.5. The highest BCUT2D eigenvalue weighted by molar-refractivity contribution is 6.29. The fourth-order valence-corrected chi connectivity index (χ4v) is 1.55. The second kappa shape index (κ2) is 4.81. The zero-order valence-electron chi connectivity index (χ0n) is 8.61. The van der Waals surface area contributed by atoms with Gasteiger partial charge in [0.25, 0.3) is 0 Å². The van der Waals surface area contributed by atoms with Crippen LogP contribution in [0.15, 0.2) is 36.4 Å². The second-order valence-corrected chi connectivity index (χ2v) is 3.70. The van der Waals surface area contributed by atoms with E-state index in [2.05, 4.69) is 10.3 Å². The number of benzene rings is 1. The number of aromatic nitrogens is 1. The third kappa shape index (κ3) is 2.92. The second-order valence-electron chi connectivity index (χ2n) is 3.31. The number of rotatable bonds is 2. The molecule has 84 valence electrons. The molecule has 0 aliphatic heterocycles. The first-order chi connectivity index (χ1) is 8.17. The minimum absolute atomic E-state index is 0.211. The molecule has 1 aromatic carbocycles. The van der Waals surface area contributed by atoms with Crippen LogP contribution >= 0.6 is 11.6 Å². The van der Waals surface area contributed by atoms with Crippen LogP contribution in [0, 0.1) is 17.1 Å². The van der Waals surface area contributed by atoms with E-state index in [1.54, 1.807) is 12.1 Å². The number of halogens is 2. The Kier molecular flexibility index (Phi) is 3.22. The number of nitrogens with zero attached hydrogens (tertiary/aromatic N) is 2. The molecule has 0 bridgehead atoms. The number of hydrogen-bond acceptors (Lipinski definition) is 3. The largest absolute Gasteiger partial charge is 0.340 e. The van der Waals surface area contributed by atoms with E-state index in [4.69, 9.17) is 16.9 Å². The van der Waals surface area contributed by atoms with Gasteiger partial charge in [0.15, 0.2) is 0 Å². The van der Waals surface area contributed by atoms with Gasteiger partial charge in [0.05, 0.1) is 11.6 Å². The molecular formula is C12H7ClFN3. The highest BCUT2D eigenvalue weighted by Gasteiger charge is 2.02. The molecule has 1 N–H and O–H groups in total. The van der Waals surface area contributed by atoms with Crippen LogP contribution in [0.25, 0.3) is 0 Å². The first-order valence-corrected chi connectivity index (χ1v) is 5.15. The van der Waals surface area contributed by atoms with Gasteiger partial charge < -0.3 is 5.32 Å². The summed E-state index contributed by atoms with van der Waals surface area (Å²) in [4.78, 5) is 3.99. The SMILES string of the molecule is N#Cc1cc(Cl)nc(Nc2cccc(F)c2)c1. The molecule has 0 aliphatic carbocycles. The molecule has 0 unspecified atom stereocenters. The first-order valence-electron chi connectivity index (χ1n) is 4.77. The predicted molar refractivity (Wildman–Crippen MR) is 63.6 cm³/mol. The monoisotopic (exact) mass is 247 g/mol. The van der Waals surface area contributed by atoms with Crippen LogP contribution in [0.4, 0.5) is 15.9 Å². The minimum atomic E-state index is -0.350. The molecule has 1 aromatic heterocycles. The normalized spacial score (nSPS) is 9.71. The fourth-order valence-electron chi connectivity index (χ4n) is 1.34. The van der Waals surface area contributed by atoms with Crippen LogP contribution in [-0.2, 0) is 0 Å². The van der Waals surface area contributed by atoms with Gasteiger partial charge in [-0.05, 0) is 30.3 Å². The molecule has 0 saturated heterocycles. The lowest BCUT2D eigenvalue weighted by Crippen LogP contribution is -1.95. The van der Waals surface area contributed by atoms with E-state index in [1.807, 2.05) is 6.07 Å². The summed E-state index contributed by atoms with van der Waals surface area (Å²) >= 11 is 5.75. The molecule has 17 heavy (non-hydrogen) atoms. The lowest BCUT2D eigenvalue weighted by atomic mass is 10.2. The maximum Gasteiger partial charge on any atom is 0.133 e. The fraction of sp³-hybridized carbons (Fsp3) is 0. The summed E-state index contributed by atoms with van der Waals surface area (Å²) in [5, 5.41) is 11.9. The number of anilines is 2. The lowest BCUT2D eigenvalue weighted by Gasteiger charge is -2.06. The molecule has 0 aliphatic rings. The van der Waals surface area contributed by atoms with Crippen molar-refractivity contribution < 1.29 is 4.39 Å². The van der Waals surface area contributed by atoms with Crippen LogP contribution in [0.5, 0.6) is 0 Å². The van der Waals surface area contributed by atoms with Crippen molar-refractivity contribution in [3.63, 3.8) is 0 Å². The Hall–Kier alpha value is -2.12. The molecular weight excluding hydrogens is 241 g/mol. The molecule has 0 amide bonds. The maximum atomic E-state index is 13.0. The topological polar surface area (TPSA) is 48.7 Å². The summed E-state index contributed by atoms with van der Waals surface area (Å²) in [6.45, 7) is 0. The lowest BCUT2D eigenvalue weighted by molar-refractivity contribution is 0.628. The maximum absolute atomic E-state index is 13.0. The Morgan fingerprint density at radius 1 is 1.29 bits per heavy atom. The Morgan fingerprint density at radius 3 is 2.82 bits per heavy atom. The van der Waals surface area contributed by atoms with Gasteiger partial charge in [-0.1, -0.05) is 17.7 Å². The van der Waals surface area contributed by atoms with Crippen LogP contribution in [0.3, 0.4) is 0 Å². The van der Waals surface area contributed by atoms with E-state index in [9.17, 15) is 4.39 Å². The van der Waals surface area contributed by atoms with Crippen LogP contribution < -0.4 is 5.32 Å².